The lowest BCUT2D eigenvalue weighted by Gasteiger charge is -2.40. The van der Waals surface area contributed by atoms with Gasteiger partial charge in [0.25, 0.3) is 0 Å². The van der Waals surface area contributed by atoms with Crippen molar-refractivity contribution in [3.05, 3.63) is 0 Å². The molecule has 1 fully saturated rings. The minimum absolute atomic E-state index is 0.817. The maximum Gasteiger partial charge on any atom is 0.00696 e. The molecule has 0 aliphatic carbocycles. The fourth-order valence-corrected chi connectivity index (χ4v) is 2.88. The van der Waals surface area contributed by atoms with Gasteiger partial charge in [0.2, 0.25) is 0 Å². The van der Waals surface area contributed by atoms with Gasteiger partial charge in [-0.25, -0.2) is 0 Å². The molecule has 1 heteroatoms. The van der Waals surface area contributed by atoms with E-state index >= 15 is 0 Å². The zero-order valence-electron chi connectivity index (χ0n) is 11.8. The first-order valence-corrected chi connectivity index (χ1v) is 7.39. The van der Waals surface area contributed by atoms with Crippen molar-refractivity contribution in [1.29, 1.82) is 0 Å². The number of nitrogens with zero attached hydrogens (tertiary/aromatic N) is 1. The van der Waals surface area contributed by atoms with E-state index in [9.17, 15) is 0 Å². The number of hydrogen-bond donors (Lipinski definition) is 0. The third-order valence-electron chi connectivity index (χ3n) is 4.38. The van der Waals surface area contributed by atoms with Gasteiger partial charge >= 0.3 is 0 Å². The first kappa shape index (κ1) is 14.0. The largest absolute Gasteiger partial charge is 0.300 e. The van der Waals surface area contributed by atoms with Crippen molar-refractivity contribution in [2.24, 2.45) is 11.8 Å². The van der Waals surface area contributed by atoms with E-state index < -0.39 is 0 Å². The molecule has 3 unspecified atom stereocenters. The number of hydrogen-bond acceptors (Lipinski definition) is 1. The van der Waals surface area contributed by atoms with Crippen LogP contribution in [0.1, 0.15) is 66.2 Å². The van der Waals surface area contributed by atoms with E-state index in [1.54, 1.807) is 0 Å². The van der Waals surface area contributed by atoms with Crippen molar-refractivity contribution in [1.82, 2.24) is 4.90 Å². The molecule has 0 aromatic rings. The molecule has 1 aliphatic rings. The van der Waals surface area contributed by atoms with Gasteiger partial charge in [0.05, 0.1) is 0 Å². The van der Waals surface area contributed by atoms with Crippen LogP contribution in [0.4, 0.5) is 0 Å². The summed E-state index contributed by atoms with van der Waals surface area (Å²) in [6.07, 6.45) is 8.45. The van der Waals surface area contributed by atoms with Gasteiger partial charge in [0, 0.05) is 12.6 Å². The lowest BCUT2D eigenvalue weighted by molar-refractivity contribution is 0.0843. The maximum absolute atomic E-state index is 2.72. The molecule has 0 aromatic carbocycles. The van der Waals surface area contributed by atoms with Crippen LogP contribution in [0, 0.1) is 11.8 Å². The molecule has 0 saturated carbocycles. The van der Waals surface area contributed by atoms with Gasteiger partial charge in [0.15, 0.2) is 0 Å². The van der Waals surface area contributed by atoms with Gasteiger partial charge in [-0.3, -0.25) is 0 Å². The van der Waals surface area contributed by atoms with E-state index in [4.69, 9.17) is 0 Å². The average molecular weight is 225 g/mol. The number of piperidine rings is 1. The average Bonchev–Trinajstić information content (AvgIpc) is 2.25. The molecule has 16 heavy (non-hydrogen) atoms. The fraction of sp³-hybridized carbons (Fsp3) is 1.00. The fourth-order valence-electron chi connectivity index (χ4n) is 2.88. The van der Waals surface area contributed by atoms with E-state index in [0.717, 1.165) is 17.9 Å². The summed E-state index contributed by atoms with van der Waals surface area (Å²) in [5.74, 6) is 1.82. The van der Waals surface area contributed by atoms with Gasteiger partial charge in [-0.1, -0.05) is 46.5 Å². The maximum atomic E-state index is 2.72. The molecule has 1 nitrogen and oxygen atoms in total. The Morgan fingerprint density at radius 2 is 1.62 bits per heavy atom. The zero-order chi connectivity index (χ0) is 12.0. The highest BCUT2D eigenvalue weighted by Crippen LogP contribution is 2.27. The first-order chi connectivity index (χ1) is 7.65. The standard InChI is InChI=1S/C15H31N/c1-5-6-7-8-9-10-16-12-14(3)13(2)11-15(16)4/h13-15H,5-12H2,1-4H3. The Bertz CT molecular complexity index is 178. The predicted octanol–water partition coefficient (Wildman–Crippen LogP) is 4.32. The molecule has 0 spiro atoms. The summed E-state index contributed by atoms with van der Waals surface area (Å²) in [6, 6.07) is 0.817. The summed E-state index contributed by atoms with van der Waals surface area (Å²) >= 11 is 0. The van der Waals surface area contributed by atoms with Crippen molar-refractivity contribution >= 4 is 0 Å². The zero-order valence-corrected chi connectivity index (χ0v) is 11.8. The Morgan fingerprint density at radius 1 is 0.938 bits per heavy atom. The Balaban J connectivity index is 2.16. The number of likely N-dealkylation sites (tertiary alicyclic amines) is 1. The molecule has 1 aliphatic heterocycles. The third kappa shape index (κ3) is 4.45. The van der Waals surface area contributed by atoms with Crippen molar-refractivity contribution in [2.75, 3.05) is 13.1 Å². The molecule has 96 valence electrons. The van der Waals surface area contributed by atoms with Crippen LogP contribution >= 0.6 is 0 Å². The second-order valence-electron chi connectivity index (χ2n) is 5.95. The molecule has 1 rings (SSSR count). The second kappa shape index (κ2) is 7.32. The SMILES string of the molecule is CCCCCCCN1CC(C)C(C)CC1C. The van der Waals surface area contributed by atoms with Gasteiger partial charge < -0.3 is 4.90 Å². The molecule has 0 radical (unpaired) electrons. The highest BCUT2D eigenvalue weighted by molar-refractivity contribution is 4.80. The van der Waals surface area contributed by atoms with E-state index in [2.05, 4.69) is 32.6 Å². The van der Waals surface area contributed by atoms with Crippen molar-refractivity contribution in [3.63, 3.8) is 0 Å². The summed E-state index contributed by atoms with van der Waals surface area (Å²) in [7, 11) is 0. The molecule has 0 N–H and O–H groups in total. The van der Waals surface area contributed by atoms with Crippen molar-refractivity contribution in [3.8, 4) is 0 Å². The Kier molecular flexibility index (Phi) is 6.41. The van der Waals surface area contributed by atoms with Crippen LogP contribution < -0.4 is 0 Å². The highest BCUT2D eigenvalue weighted by atomic mass is 15.2. The Morgan fingerprint density at radius 3 is 2.31 bits per heavy atom. The topological polar surface area (TPSA) is 3.24 Å². The lowest BCUT2D eigenvalue weighted by Crippen LogP contribution is -2.44. The van der Waals surface area contributed by atoms with Gasteiger partial charge in [-0.2, -0.15) is 0 Å². The van der Waals surface area contributed by atoms with Crippen LogP contribution in [0.15, 0.2) is 0 Å². The first-order valence-electron chi connectivity index (χ1n) is 7.39. The monoisotopic (exact) mass is 225 g/mol. The Hall–Kier alpha value is -0.0400. The lowest BCUT2D eigenvalue weighted by atomic mass is 9.85. The third-order valence-corrected chi connectivity index (χ3v) is 4.38. The predicted molar refractivity (Wildman–Crippen MR) is 72.7 cm³/mol. The van der Waals surface area contributed by atoms with Gasteiger partial charge in [-0.15, -0.1) is 0 Å². The summed E-state index contributed by atoms with van der Waals surface area (Å²) in [6.45, 7) is 12.2. The van der Waals surface area contributed by atoms with Crippen LogP contribution in [-0.4, -0.2) is 24.0 Å². The molecule has 0 bridgehead atoms. The van der Waals surface area contributed by atoms with Crippen LogP contribution in [0.2, 0.25) is 0 Å². The van der Waals surface area contributed by atoms with E-state index in [1.807, 2.05) is 0 Å². The molecular weight excluding hydrogens is 194 g/mol. The smallest absolute Gasteiger partial charge is 0.00696 e. The van der Waals surface area contributed by atoms with Crippen LogP contribution in [-0.2, 0) is 0 Å². The molecule has 3 atom stereocenters. The summed E-state index contributed by atoms with van der Waals surface area (Å²) < 4.78 is 0. The number of rotatable bonds is 6. The number of unbranched alkanes of at least 4 members (excludes halogenated alkanes) is 4. The van der Waals surface area contributed by atoms with Crippen molar-refractivity contribution in [2.45, 2.75) is 72.3 Å². The van der Waals surface area contributed by atoms with E-state index in [0.29, 0.717) is 0 Å². The molecule has 0 amide bonds. The molecule has 1 heterocycles. The van der Waals surface area contributed by atoms with E-state index in [1.165, 1.54) is 51.6 Å². The Labute approximate surface area is 103 Å². The minimum Gasteiger partial charge on any atom is -0.300 e. The molecular formula is C15H31N. The molecule has 1 saturated heterocycles. The second-order valence-corrected chi connectivity index (χ2v) is 5.95. The minimum atomic E-state index is 0.817. The summed E-state index contributed by atoms with van der Waals surface area (Å²) in [5.41, 5.74) is 0. The van der Waals surface area contributed by atoms with Crippen LogP contribution in [0.25, 0.3) is 0 Å². The van der Waals surface area contributed by atoms with Crippen molar-refractivity contribution < 1.29 is 0 Å². The van der Waals surface area contributed by atoms with Crippen LogP contribution in [0.5, 0.6) is 0 Å². The summed E-state index contributed by atoms with van der Waals surface area (Å²) in [5, 5.41) is 0. The van der Waals surface area contributed by atoms with Gasteiger partial charge in [-0.05, 0) is 38.1 Å². The molecule has 0 aromatic heterocycles. The van der Waals surface area contributed by atoms with Gasteiger partial charge in [0.1, 0.15) is 0 Å². The highest BCUT2D eigenvalue weighted by Gasteiger charge is 2.27. The van der Waals surface area contributed by atoms with Crippen LogP contribution in [0.3, 0.4) is 0 Å². The quantitative estimate of drug-likeness (QED) is 0.608. The normalized spacial score (nSPS) is 31.9. The summed E-state index contributed by atoms with van der Waals surface area (Å²) in [4.78, 5) is 2.72. The van der Waals surface area contributed by atoms with E-state index in [-0.39, 0.29) is 0 Å².